The Hall–Kier alpha value is -0.650. The third kappa shape index (κ3) is 21.2. The van der Waals surface area contributed by atoms with E-state index >= 15 is 0 Å². The van der Waals surface area contributed by atoms with Gasteiger partial charge in [-0.3, -0.25) is 4.79 Å². The summed E-state index contributed by atoms with van der Waals surface area (Å²) in [6, 6.07) is 0. The van der Waals surface area contributed by atoms with Crippen LogP contribution in [0.15, 0.2) is 0 Å². The number of ether oxygens (including phenoxy) is 1. The van der Waals surface area contributed by atoms with Crippen LogP contribution in [0.5, 0.6) is 0 Å². The molecule has 0 aliphatic heterocycles. The number of carbonyl (C=O) groups excluding carboxylic acids is 1. The van der Waals surface area contributed by atoms with Crippen molar-refractivity contribution in [3.63, 3.8) is 0 Å². The predicted octanol–water partition coefficient (Wildman–Crippen LogP) is 6.10. The van der Waals surface area contributed by atoms with Crippen molar-refractivity contribution in [3.05, 3.63) is 0 Å². The summed E-state index contributed by atoms with van der Waals surface area (Å²) in [4.78, 5) is 14.0. The Morgan fingerprint density at radius 3 is 1.97 bits per heavy atom. The Labute approximate surface area is 199 Å². The summed E-state index contributed by atoms with van der Waals surface area (Å²) in [6.45, 7) is 6.41. The van der Waals surface area contributed by atoms with Crippen molar-refractivity contribution < 1.29 is 19.7 Å². The molecular formula is C27H55NO4. The molecule has 5 nitrogen and oxygen atoms in total. The summed E-state index contributed by atoms with van der Waals surface area (Å²) in [6.07, 6.45) is 18.9. The van der Waals surface area contributed by atoms with Crippen molar-refractivity contribution in [3.8, 4) is 0 Å². The van der Waals surface area contributed by atoms with Gasteiger partial charge in [-0.2, -0.15) is 0 Å². The molecule has 0 heterocycles. The average Bonchev–Trinajstić information content (AvgIpc) is 2.76. The van der Waals surface area contributed by atoms with Crippen molar-refractivity contribution in [2.24, 2.45) is 5.92 Å². The first-order valence-electron chi connectivity index (χ1n) is 13.7. The Kier molecular flexibility index (Phi) is 23.0. The monoisotopic (exact) mass is 457 g/mol. The highest BCUT2D eigenvalue weighted by Crippen LogP contribution is 2.22. The van der Waals surface area contributed by atoms with Crippen LogP contribution in [-0.4, -0.2) is 60.5 Å². The highest BCUT2D eigenvalue weighted by Gasteiger charge is 2.11. The maximum absolute atomic E-state index is 12.1. The minimum absolute atomic E-state index is 0.0496. The molecule has 0 rings (SSSR count). The normalized spacial score (nSPS) is 12.6. The fourth-order valence-corrected chi connectivity index (χ4v) is 4.28. The van der Waals surface area contributed by atoms with Gasteiger partial charge in [0.2, 0.25) is 0 Å². The number of aliphatic hydroxyl groups excluding tert-OH is 2. The maximum Gasteiger partial charge on any atom is 0.305 e. The van der Waals surface area contributed by atoms with E-state index in [1.807, 2.05) is 11.9 Å². The lowest BCUT2D eigenvalue weighted by Gasteiger charge is -2.19. The molecule has 0 spiro atoms. The highest BCUT2D eigenvalue weighted by molar-refractivity contribution is 5.69. The Bertz CT molecular complexity index is 393. The van der Waals surface area contributed by atoms with Crippen LogP contribution in [0.25, 0.3) is 0 Å². The van der Waals surface area contributed by atoms with Crippen LogP contribution in [0.1, 0.15) is 123 Å². The minimum atomic E-state index is -0.339. The summed E-state index contributed by atoms with van der Waals surface area (Å²) in [5.41, 5.74) is 0. The van der Waals surface area contributed by atoms with E-state index < -0.39 is 0 Å². The number of carbonyl (C=O) groups is 1. The quantitative estimate of drug-likeness (QED) is 0.135. The lowest BCUT2D eigenvalue weighted by molar-refractivity contribution is -0.144. The molecule has 0 fully saturated rings. The molecular weight excluding hydrogens is 402 g/mol. The first kappa shape index (κ1) is 31.4. The Morgan fingerprint density at radius 1 is 0.812 bits per heavy atom. The maximum atomic E-state index is 12.1. The number of hydrogen-bond acceptors (Lipinski definition) is 5. The molecule has 0 aromatic rings. The van der Waals surface area contributed by atoms with Crippen molar-refractivity contribution in [2.75, 3.05) is 33.4 Å². The van der Waals surface area contributed by atoms with Gasteiger partial charge < -0.3 is 19.8 Å². The molecule has 0 amide bonds. The molecule has 0 aliphatic carbocycles. The van der Waals surface area contributed by atoms with Crippen LogP contribution in [0.2, 0.25) is 0 Å². The van der Waals surface area contributed by atoms with Crippen molar-refractivity contribution in [1.82, 2.24) is 4.90 Å². The first-order chi connectivity index (χ1) is 15.5. The lowest BCUT2D eigenvalue weighted by Crippen LogP contribution is -2.31. The topological polar surface area (TPSA) is 70.0 Å². The van der Waals surface area contributed by atoms with Crippen LogP contribution in [0.3, 0.4) is 0 Å². The van der Waals surface area contributed by atoms with E-state index in [4.69, 9.17) is 9.84 Å². The van der Waals surface area contributed by atoms with Crippen LogP contribution in [0.4, 0.5) is 0 Å². The molecule has 0 aliphatic rings. The molecule has 1 unspecified atom stereocenters. The molecule has 192 valence electrons. The third-order valence-corrected chi connectivity index (χ3v) is 6.39. The van der Waals surface area contributed by atoms with E-state index in [-0.39, 0.29) is 18.7 Å². The second-order valence-electron chi connectivity index (χ2n) is 9.67. The zero-order chi connectivity index (χ0) is 23.9. The van der Waals surface area contributed by atoms with Gasteiger partial charge in [0.1, 0.15) is 0 Å². The molecule has 0 bridgehead atoms. The molecule has 5 heteroatoms. The summed E-state index contributed by atoms with van der Waals surface area (Å²) in [5.74, 6) is 0.658. The van der Waals surface area contributed by atoms with Gasteiger partial charge in [-0.05, 0) is 32.2 Å². The first-order valence-corrected chi connectivity index (χ1v) is 13.7. The number of hydrogen-bond donors (Lipinski definition) is 2. The summed E-state index contributed by atoms with van der Waals surface area (Å²) < 4.78 is 5.53. The second-order valence-corrected chi connectivity index (χ2v) is 9.67. The lowest BCUT2D eigenvalue weighted by atomic mass is 9.92. The van der Waals surface area contributed by atoms with E-state index in [2.05, 4.69) is 13.8 Å². The molecule has 0 saturated carbocycles. The van der Waals surface area contributed by atoms with E-state index in [1.165, 1.54) is 64.2 Å². The molecule has 32 heavy (non-hydrogen) atoms. The van der Waals surface area contributed by atoms with Gasteiger partial charge in [-0.15, -0.1) is 0 Å². The molecule has 2 N–H and O–H groups in total. The molecule has 0 saturated heterocycles. The Morgan fingerprint density at radius 2 is 1.38 bits per heavy atom. The fraction of sp³-hybridized carbons (Fsp3) is 0.963. The zero-order valence-electron chi connectivity index (χ0n) is 21.7. The van der Waals surface area contributed by atoms with Gasteiger partial charge in [0.15, 0.2) is 0 Å². The number of esters is 1. The average molecular weight is 458 g/mol. The van der Waals surface area contributed by atoms with Crippen LogP contribution >= 0.6 is 0 Å². The Balaban J connectivity index is 3.82. The SMILES string of the molecule is CCCCCCC(CCCCCC)CCOC(=O)CCCCCCC(O)CN(C)CCO. The second kappa shape index (κ2) is 23.5. The van der Waals surface area contributed by atoms with Crippen molar-refractivity contribution >= 4 is 5.97 Å². The molecule has 0 aromatic carbocycles. The van der Waals surface area contributed by atoms with Gasteiger partial charge in [-0.1, -0.05) is 97.3 Å². The van der Waals surface area contributed by atoms with Gasteiger partial charge in [-0.25, -0.2) is 0 Å². The van der Waals surface area contributed by atoms with Crippen LogP contribution < -0.4 is 0 Å². The van der Waals surface area contributed by atoms with E-state index in [0.717, 1.165) is 38.5 Å². The number of unbranched alkanes of at least 4 members (excludes halogenated alkanes) is 9. The minimum Gasteiger partial charge on any atom is -0.466 e. The number of rotatable bonds is 24. The van der Waals surface area contributed by atoms with Gasteiger partial charge >= 0.3 is 5.97 Å². The summed E-state index contributed by atoms with van der Waals surface area (Å²) in [5, 5.41) is 18.9. The highest BCUT2D eigenvalue weighted by atomic mass is 16.5. The number of aliphatic hydroxyl groups is 2. The number of likely N-dealkylation sites (N-methyl/N-ethyl adjacent to an activating group) is 1. The smallest absolute Gasteiger partial charge is 0.305 e. The third-order valence-electron chi connectivity index (χ3n) is 6.39. The van der Waals surface area contributed by atoms with Crippen molar-refractivity contribution in [2.45, 2.75) is 129 Å². The van der Waals surface area contributed by atoms with Crippen LogP contribution in [0, 0.1) is 5.92 Å². The van der Waals surface area contributed by atoms with Gasteiger partial charge in [0.05, 0.1) is 19.3 Å². The van der Waals surface area contributed by atoms with E-state index in [9.17, 15) is 9.90 Å². The van der Waals surface area contributed by atoms with Gasteiger partial charge in [0, 0.05) is 19.5 Å². The van der Waals surface area contributed by atoms with E-state index in [0.29, 0.717) is 32.0 Å². The van der Waals surface area contributed by atoms with Gasteiger partial charge in [0.25, 0.3) is 0 Å². The van der Waals surface area contributed by atoms with Crippen LogP contribution in [-0.2, 0) is 9.53 Å². The summed E-state index contributed by atoms with van der Waals surface area (Å²) in [7, 11) is 1.91. The summed E-state index contributed by atoms with van der Waals surface area (Å²) >= 11 is 0. The zero-order valence-corrected chi connectivity index (χ0v) is 21.7. The van der Waals surface area contributed by atoms with E-state index in [1.54, 1.807) is 0 Å². The predicted molar refractivity (Wildman–Crippen MR) is 135 cm³/mol. The molecule has 1 atom stereocenters. The number of nitrogens with zero attached hydrogens (tertiary/aromatic N) is 1. The molecule has 0 radical (unpaired) electrons. The largest absolute Gasteiger partial charge is 0.466 e. The molecule has 0 aromatic heterocycles. The fourth-order valence-electron chi connectivity index (χ4n) is 4.28. The van der Waals surface area contributed by atoms with Crippen molar-refractivity contribution in [1.29, 1.82) is 0 Å². The standard InChI is InChI=1S/C27H55NO4/c1-4-6-8-12-16-25(17-13-9-7-5-2)20-23-32-27(31)19-15-11-10-14-18-26(30)24-28(3)21-22-29/h25-26,29-30H,4-24H2,1-3H3.